The van der Waals surface area contributed by atoms with Crippen molar-refractivity contribution in [3.63, 3.8) is 0 Å². The van der Waals surface area contributed by atoms with Gasteiger partial charge in [0, 0.05) is 16.0 Å². The van der Waals surface area contributed by atoms with Crippen LogP contribution in [-0.4, -0.2) is 29.8 Å². The van der Waals surface area contributed by atoms with Crippen molar-refractivity contribution in [2.24, 2.45) is 11.0 Å². The lowest BCUT2D eigenvalue weighted by Gasteiger charge is -2.29. The van der Waals surface area contributed by atoms with E-state index in [9.17, 15) is 4.79 Å². The molecule has 0 unspecified atom stereocenters. The van der Waals surface area contributed by atoms with E-state index in [1.807, 2.05) is 62.4 Å². The SMILES string of the molecule is CCOc1ccc(/C=C2\CCC[C@@H]3C2=NN(C(=O)c2ccc(Br)cc2)[C@H]3c2ccc(OCC)cc2)cc1. The Kier molecular flexibility index (Phi) is 7.75. The molecule has 37 heavy (non-hydrogen) atoms. The summed E-state index contributed by atoms with van der Waals surface area (Å²) in [4.78, 5) is 13.8. The fraction of sp³-hybridized carbons (Fsp3) is 0.290. The average molecular weight is 560 g/mol. The molecule has 1 heterocycles. The zero-order valence-electron chi connectivity index (χ0n) is 21.2. The summed E-state index contributed by atoms with van der Waals surface area (Å²) in [7, 11) is 0. The van der Waals surface area contributed by atoms with Gasteiger partial charge < -0.3 is 9.47 Å². The van der Waals surface area contributed by atoms with Crippen molar-refractivity contribution in [1.29, 1.82) is 0 Å². The number of carbonyl (C=O) groups excluding carboxylic acids is 1. The van der Waals surface area contributed by atoms with E-state index < -0.39 is 0 Å². The van der Waals surface area contributed by atoms with Gasteiger partial charge in [-0.2, -0.15) is 5.10 Å². The quantitative estimate of drug-likeness (QED) is 0.298. The van der Waals surface area contributed by atoms with E-state index in [1.54, 1.807) is 5.01 Å². The number of fused-ring (bicyclic) bond motifs is 1. The normalized spacial score (nSPS) is 19.9. The van der Waals surface area contributed by atoms with Gasteiger partial charge in [-0.05, 0) is 104 Å². The van der Waals surface area contributed by atoms with E-state index >= 15 is 0 Å². The molecule has 190 valence electrons. The second-order valence-electron chi connectivity index (χ2n) is 9.26. The first kappa shape index (κ1) is 25.3. The van der Waals surface area contributed by atoms with Crippen LogP contribution in [0.25, 0.3) is 6.08 Å². The first-order valence-electron chi connectivity index (χ1n) is 12.9. The lowest BCUT2D eigenvalue weighted by molar-refractivity contribution is 0.0681. The number of carbonyl (C=O) groups is 1. The van der Waals surface area contributed by atoms with E-state index in [0.717, 1.165) is 52.1 Å². The molecule has 1 saturated carbocycles. The summed E-state index contributed by atoms with van der Waals surface area (Å²) < 4.78 is 12.2. The summed E-state index contributed by atoms with van der Waals surface area (Å²) in [6.45, 7) is 5.23. The van der Waals surface area contributed by atoms with Crippen LogP contribution in [0, 0.1) is 5.92 Å². The van der Waals surface area contributed by atoms with Crippen LogP contribution in [0.5, 0.6) is 11.5 Å². The van der Waals surface area contributed by atoms with Gasteiger partial charge in [0.25, 0.3) is 5.91 Å². The number of nitrogens with zero attached hydrogens (tertiary/aromatic N) is 2. The van der Waals surface area contributed by atoms with Crippen molar-refractivity contribution in [3.05, 3.63) is 99.5 Å². The van der Waals surface area contributed by atoms with Gasteiger partial charge in [0.05, 0.1) is 25.0 Å². The first-order chi connectivity index (χ1) is 18.1. The predicted molar refractivity (Wildman–Crippen MR) is 151 cm³/mol. The molecular weight excluding hydrogens is 528 g/mol. The summed E-state index contributed by atoms with van der Waals surface area (Å²) >= 11 is 3.47. The Morgan fingerprint density at radius 2 is 1.57 bits per heavy atom. The number of amides is 1. The highest BCUT2D eigenvalue weighted by molar-refractivity contribution is 9.10. The van der Waals surface area contributed by atoms with Gasteiger partial charge in [-0.25, -0.2) is 5.01 Å². The van der Waals surface area contributed by atoms with Crippen molar-refractivity contribution in [2.45, 2.75) is 39.2 Å². The highest BCUT2D eigenvalue weighted by Crippen LogP contribution is 2.45. The molecular formula is C31H31BrN2O3. The molecule has 0 N–H and O–H groups in total. The maximum atomic E-state index is 13.8. The summed E-state index contributed by atoms with van der Waals surface area (Å²) in [5, 5.41) is 6.72. The third-order valence-electron chi connectivity index (χ3n) is 6.87. The summed E-state index contributed by atoms with van der Waals surface area (Å²) in [6.07, 6.45) is 5.20. The van der Waals surface area contributed by atoms with Gasteiger partial charge in [-0.15, -0.1) is 0 Å². The van der Waals surface area contributed by atoms with Crippen LogP contribution in [0.15, 0.2) is 87.9 Å². The minimum Gasteiger partial charge on any atom is -0.494 e. The summed E-state index contributed by atoms with van der Waals surface area (Å²) in [5.41, 5.74) is 5.02. The Labute approximate surface area is 226 Å². The second-order valence-corrected chi connectivity index (χ2v) is 10.2. The lowest BCUT2D eigenvalue weighted by Crippen LogP contribution is -2.31. The molecule has 1 fully saturated rings. The fourth-order valence-corrected chi connectivity index (χ4v) is 5.45. The Bertz CT molecular complexity index is 1300. The molecule has 0 bridgehead atoms. The van der Waals surface area contributed by atoms with Gasteiger partial charge in [0.1, 0.15) is 11.5 Å². The number of ether oxygens (including phenoxy) is 2. The second kappa shape index (κ2) is 11.3. The smallest absolute Gasteiger partial charge is 0.274 e. The summed E-state index contributed by atoms with van der Waals surface area (Å²) in [6, 6.07) is 23.6. The Hall–Kier alpha value is -3.38. The van der Waals surface area contributed by atoms with Crippen LogP contribution in [0.3, 0.4) is 0 Å². The van der Waals surface area contributed by atoms with Crippen LogP contribution in [-0.2, 0) is 0 Å². The van der Waals surface area contributed by atoms with Gasteiger partial charge >= 0.3 is 0 Å². The standard InChI is InChI=1S/C31H31BrN2O3/c1-3-36-26-16-8-21(9-17-26)20-24-6-5-7-28-29(24)33-34(31(35)23-10-14-25(32)15-11-23)30(28)22-12-18-27(19-13-22)37-4-2/h8-20,28,30H,3-7H2,1-2H3/b24-20+/t28-,30+/m1/s1. The van der Waals surface area contributed by atoms with Crippen molar-refractivity contribution in [2.75, 3.05) is 13.2 Å². The molecule has 2 aliphatic rings. The average Bonchev–Trinajstić information content (AvgIpc) is 3.31. The number of benzene rings is 3. The van der Waals surface area contributed by atoms with Crippen LogP contribution in [0.1, 0.15) is 60.6 Å². The fourth-order valence-electron chi connectivity index (χ4n) is 5.18. The highest BCUT2D eigenvalue weighted by atomic mass is 79.9. The van der Waals surface area contributed by atoms with E-state index in [2.05, 4.69) is 46.3 Å². The molecule has 3 aromatic rings. The van der Waals surface area contributed by atoms with Crippen LogP contribution >= 0.6 is 15.9 Å². The van der Waals surface area contributed by atoms with Crippen LogP contribution < -0.4 is 9.47 Å². The molecule has 6 heteroatoms. The molecule has 0 radical (unpaired) electrons. The minimum absolute atomic E-state index is 0.0892. The van der Waals surface area contributed by atoms with E-state index in [0.29, 0.717) is 18.8 Å². The van der Waals surface area contributed by atoms with E-state index in [4.69, 9.17) is 14.6 Å². The molecule has 3 aromatic carbocycles. The number of halogens is 1. The Morgan fingerprint density at radius 1 is 0.946 bits per heavy atom. The summed E-state index contributed by atoms with van der Waals surface area (Å²) in [5.74, 6) is 1.75. The topological polar surface area (TPSA) is 51.1 Å². The van der Waals surface area contributed by atoms with Crippen molar-refractivity contribution >= 4 is 33.6 Å². The van der Waals surface area contributed by atoms with Gasteiger partial charge in [0.15, 0.2) is 0 Å². The van der Waals surface area contributed by atoms with Crippen molar-refractivity contribution in [3.8, 4) is 11.5 Å². The zero-order chi connectivity index (χ0) is 25.8. The minimum atomic E-state index is -0.161. The van der Waals surface area contributed by atoms with Crippen molar-refractivity contribution < 1.29 is 14.3 Å². The Morgan fingerprint density at radius 3 is 2.19 bits per heavy atom. The number of hydrogen-bond donors (Lipinski definition) is 0. The third-order valence-corrected chi connectivity index (χ3v) is 7.39. The third kappa shape index (κ3) is 5.49. The number of allylic oxidation sites excluding steroid dienone is 1. The lowest BCUT2D eigenvalue weighted by atomic mass is 9.77. The molecule has 0 spiro atoms. The highest BCUT2D eigenvalue weighted by Gasteiger charge is 2.43. The molecule has 2 atom stereocenters. The van der Waals surface area contributed by atoms with Crippen LogP contribution in [0.2, 0.25) is 0 Å². The molecule has 1 aliphatic carbocycles. The van der Waals surface area contributed by atoms with Crippen LogP contribution in [0.4, 0.5) is 0 Å². The largest absolute Gasteiger partial charge is 0.494 e. The first-order valence-corrected chi connectivity index (χ1v) is 13.7. The van der Waals surface area contributed by atoms with Gasteiger partial charge in [-0.3, -0.25) is 4.79 Å². The number of hydrazone groups is 1. The van der Waals surface area contributed by atoms with E-state index in [1.165, 1.54) is 5.57 Å². The van der Waals surface area contributed by atoms with Crippen molar-refractivity contribution in [1.82, 2.24) is 5.01 Å². The van der Waals surface area contributed by atoms with E-state index in [-0.39, 0.29) is 17.9 Å². The monoisotopic (exact) mass is 558 g/mol. The van der Waals surface area contributed by atoms with Gasteiger partial charge in [-0.1, -0.05) is 40.2 Å². The Balaban J connectivity index is 1.52. The molecule has 1 aliphatic heterocycles. The molecule has 0 saturated heterocycles. The molecule has 1 amide bonds. The molecule has 5 nitrogen and oxygen atoms in total. The molecule has 5 rings (SSSR count). The number of rotatable bonds is 7. The predicted octanol–water partition coefficient (Wildman–Crippen LogP) is 7.68. The maximum absolute atomic E-state index is 13.8. The van der Waals surface area contributed by atoms with Gasteiger partial charge in [0.2, 0.25) is 0 Å². The molecule has 0 aromatic heterocycles. The zero-order valence-corrected chi connectivity index (χ0v) is 22.8. The maximum Gasteiger partial charge on any atom is 0.274 e. The number of hydrogen-bond acceptors (Lipinski definition) is 4.